The average molecular weight is 333 g/mol. The number of aromatic nitrogens is 2. The van der Waals surface area contributed by atoms with Crippen molar-refractivity contribution in [1.82, 2.24) is 4.98 Å². The number of benzene rings is 2. The van der Waals surface area contributed by atoms with Crippen molar-refractivity contribution in [2.75, 3.05) is 0 Å². The molecular weight excluding hydrogens is 315 g/mol. The molecule has 0 spiro atoms. The molecule has 0 fully saturated rings. The number of oxazole rings is 1. The summed E-state index contributed by atoms with van der Waals surface area (Å²) in [6, 6.07) is 14.6. The van der Waals surface area contributed by atoms with E-state index in [2.05, 4.69) is 18.8 Å². The molecule has 0 saturated heterocycles. The number of hydrogen-bond donors (Lipinski definition) is 0. The van der Waals surface area contributed by atoms with Crippen molar-refractivity contribution < 1.29 is 13.4 Å². The third kappa shape index (κ3) is 3.15. The van der Waals surface area contributed by atoms with E-state index in [1.54, 1.807) is 12.1 Å². The van der Waals surface area contributed by atoms with Gasteiger partial charge in [-0.25, -0.2) is 13.9 Å². The van der Waals surface area contributed by atoms with Crippen LogP contribution in [-0.4, -0.2) is 4.98 Å². The predicted octanol–water partition coefficient (Wildman–Crippen LogP) is 4.59. The highest BCUT2D eigenvalue weighted by atomic mass is 19.1. The SMILES string of the molecule is Cc1cc2nc(-c3cc[n+](Cc4cccc(F)c4)cc3)oc2cc1C. The number of halogens is 1. The van der Waals surface area contributed by atoms with E-state index in [0.29, 0.717) is 12.4 Å². The molecule has 0 radical (unpaired) electrons. The average Bonchev–Trinajstić information content (AvgIpc) is 2.99. The first-order valence-corrected chi connectivity index (χ1v) is 8.20. The van der Waals surface area contributed by atoms with Crippen LogP contribution < -0.4 is 4.57 Å². The Morgan fingerprint density at radius 2 is 1.76 bits per heavy atom. The van der Waals surface area contributed by atoms with Gasteiger partial charge in [-0.3, -0.25) is 0 Å². The topological polar surface area (TPSA) is 29.9 Å². The zero-order chi connectivity index (χ0) is 17.4. The van der Waals surface area contributed by atoms with Gasteiger partial charge < -0.3 is 4.42 Å². The molecule has 2 aromatic heterocycles. The molecule has 2 aromatic carbocycles. The van der Waals surface area contributed by atoms with E-state index in [4.69, 9.17) is 4.42 Å². The van der Waals surface area contributed by atoms with Crippen LogP contribution in [0.4, 0.5) is 4.39 Å². The molecule has 0 amide bonds. The van der Waals surface area contributed by atoms with Gasteiger partial charge in [0.25, 0.3) is 0 Å². The third-order valence-electron chi connectivity index (χ3n) is 4.40. The first kappa shape index (κ1) is 15.5. The van der Waals surface area contributed by atoms with Crippen molar-refractivity contribution in [3.8, 4) is 11.5 Å². The van der Waals surface area contributed by atoms with Crippen LogP contribution in [0.1, 0.15) is 16.7 Å². The Kier molecular flexibility index (Phi) is 3.80. The summed E-state index contributed by atoms with van der Waals surface area (Å²) in [5, 5.41) is 0. The molecule has 124 valence electrons. The molecule has 0 saturated carbocycles. The standard InChI is InChI=1S/C21H18FN2O/c1-14-10-19-20(11-15(14)2)25-21(23-19)17-6-8-24(9-7-17)13-16-4-3-5-18(22)12-16/h3-12H,13H2,1-2H3/q+1. The van der Waals surface area contributed by atoms with Gasteiger partial charge in [0, 0.05) is 23.3 Å². The summed E-state index contributed by atoms with van der Waals surface area (Å²) in [6.07, 6.45) is 3.90. The minimum absolute atomic E-state index is 0.216. The summed E-state index contributed by atoms with van der Waals surface area (Å²) in [6.45, 7) is 4.75. The van der Waals surface area contributed by atoms with Gasteiger partial charge in [-0.1, -0.05) is 12.1 Å². The second kappa shape index (κ2) is 6.13. The van der Waals surface area contributed by atoms with E-state index in [1.807, 2.05) is 47.3 Å². The number of pyridine rings is 1. The second-order valence-electron chi connectivity index (χ2n) is 6.31. The molecule has 4 aromatic rings. The van der Waals surface area contributed by atoms with Crippen molar-refractivity contribution >= 4 is 11.1 Å². The summed E-state index contributed by atoms with van der Waals surface area (Å²) in [4.78, 5) is 4.58. The van der Waals surface area contributed by atoms with Gasteiger partial charge in [0.15, 0.2) is 24.5 Å². The molecule has 0 unspecified atom stereocenters. The van der Waals surface area contributed by atoms with Gasteiger partial charge in [0.1, 0.15) is 11.3 Å². The van der Waals surface area contributed by atoms with Crippen LogP contribution in [-0.2, 0) is 6.54 Å². The van der Waals surface area contributed by atoms with Crippen molar-refractivity contribution in [2.24, 2.45) is 0 Å². The fourth-order valence-corrected chi connectivity index (χ4v) is 2.85. The zero-order valence-corrected chi connectivity index (χ0v) is 14.2. The van der Waals surface area contributed by atoms with Crippen LogP contribution in [0, 0.1) is 19.7 Å². The van der Waals surface area contributed by atoms with E-state index < -0.39 is 0 Å². The molecule has 4 heteroatoms. The first-order chi connectivity index (χ1) is 12.1. The van der Waals surface area contributed by atoms with Crippen molar-refractivity contribution in [3.63, 3.8) is 0 Å². The Morgan fingerprint density at radius 3 is 2.52 bits per heavy atom. The molecule has 0 aliphatic carbocycles. The number of fused-ring (bicyclic) bond motifs is 1. The molecule has 3 nitrogen and oxygen atoms in total. The van der Waals surface area contributed by atoms with Gasteiger partial charge in [-0.15, -0.1) is 0 Å². The van der Waals surface area contributed by atoms with E-state index in [1.165, 1.54) is 17.2 Å². The number of nitrogens with zero attached hydrogens (tertiary/aromatic N) is 2. The van der Waals surface area contributed by atoms with Crippen molar-refractivity contribution in [2.45, 2.75) is 20.4 Å². The lowest BCUT2D eigenvalue weighted by molar-refractivity contribution is -0.688. The Hall–Kier alpha value is -3.01. The monoisotopic (exact) mass is 333 g/mol. The lowest BCUT2D eigenvalue weighted by atomic mass is 10.1. The maximum atomic E-state index is 13.3. The molecule has 25 heavy (non-hydrogen) atoms. The second-order valence-corrected chi connectivity index (χ2v) is 6.31. The van der Waals surface area contributed by atoms with Crippen LogP contribution in [0.15, 0.2) is 65.3 Å². The zero-order valence-electron chi connectivity index (χ0n) is 14.2. The molecule has 0 aliphatic heterocycles. The smallest absolute Gasteiger partial charge is 0.227 e. The van der Waals surface area contributed by atoms with E-state index in [0.717, 1.165) is 22.2 Å². The molecule has 4 rings (SSSR count). The minimum Gasteiger partial charge on any atom is -0.436 e. The summed E-state index contributed by atoms with van der Waals surface area (Å²) >= 11 is 0. The van der Waals surface area contributed by atoms with Crippen LogP contribution in [0.2, 0.25) is 0 Å². The van der Waals surface area contributed by atoms with Crippen LogP contribution in [0.5, 0.6) is 0 Å². The fourth-order valence-electron chi connectivity index (χ4n) is 2.85. The lowest BCUT2D eigenvalue weighted by Gasteiger charge is -1.99. The normalized spacial score (nSPS) is 11.2. The van der Waals surface area contributed by atoms with Gasteiger partial charge >= 0.3 is 0 Å². The van der Waals surface area contributed by atoms with Gasteiger partial charge in [-0.2, -0.15) is 0 Å². The molecule has 0 bridgehead atoms. The lowest BCUT2D eigenvalue weighted by Crippen LogP contribution is -2.33. The highest BCUT2D eigenvalue weighted by Gasteiger charge is 2.11. The fraction of sp³-hybridized carbons (Fsp3) is 0.143. The highest BCUT2D eigenvalue weighted by molar-refractivity contribution is 5.77. The van der Waals surface area contributed by atoms with Gasteiger partial charge in [0.2, 0.25) is 5.89 Å². The quantitative estimate of drug-likeness (QED) is 0.513. The molecular formula is C21H18FN2O+. The van der Waals surface area contributed by atoms with Crippen molar-refractivity contribution in [1.29, 1.82) is 0 Å². The third-order valence-corrected chi connectivity index (χ3v) is 4.40. The van der Waals surface area contributed by atoms with E-state index in [9.17, 15) is 4.39 Å². The van der Waals surface area contributed by atoms with E-state index >= 15 is 0 Å². The number of hydrogen-bond acceptors (Lipinski definition) is 2. The van der Waals surface area contributed by atoms with Gasteiger partial charge in [0.05, 0.1) is 0 Å². The highest BCUT2D eigenvalue weighted by Crippen LogP contribution is 2.25. The first-order valence-electron chi connectivity index (χ1n) is 8.20. The summed E-state index contributed by atoms with van der Waals surface area (Å²) in [7, 11) is 0. The molecule has 2 heterocycles. The maximum absolute atomic E-state index is 13.3. The molecule has 0 aliphatic rings. The Bertz CT molecular complexity index is 1010. The largest absolute Gasteiger partial charge is 0.436 e. The Morgan fingerprint density at radius 1 is 1.00 bits per heavy atom. The summed E-state index contributed by atoms with van der Waals surface area (Å²) in [5.41, 5.74) is 5.90. The number of rotatable bonds is 3. The van der Waals surface area contributed by atoms with Crippen molar-refractivity contribution in [3.05, 3.63) is 83.4 Å². The van der Waals surface area contributed by atoms with Crippen LogP contribution >= 0.6 is 0 Å². The maximum Gasteiger partial charge on any atom is 0.227 e. The van der Waals surface area contributed by atoms with Crippen LogP contribution in [0.3, 0.4) is 0 Å². The van der Waals surface area contributed by atoms with E-state index in [-0.39, 0.29) is 5.82 Å². The Labute approximate surface area is 145 Å². The minimum atomic E-state index is -0.216. The predicted molar refractivity (Wildman–Crippen MR) is 94.6 cm³/mol. The molecule has 0 N–H and O–H groups in total. The Balaban J connectivity index is 1.61. The summed E-state index contributed by atoms with van der Waals surface area (Å²) in [5.74, 6) is 0.393. The van der Waals surface area contributed by atoms with Crippen LogP contribution in [0.25, 0.3) is 22.6 Å². The molecule has 0 atom stereocenters. The number of aryl methyl sites for hydroxylation is 2. The summed E-state index contributed by atoms with van der Waals surface area (Å²) < 4.78 is 21.2. The van der Waals surface area contributed by atoms with Gasteiger partial charge in [-0.05, 0) is 49.2 Å².